The molecule has 3 heteroatoms. The molecule has 0 bridgehead atoms. The zero-order chi connectivity index (χ0) is 14.4. The number of hydrogen-bond donors (Lipinski definition) is 2. The van der Waals surface area contributed by atoms with Gasteiger partial charge in [0.15, 0.2) is 0 Å². The van der Waals surface area contributed by atoms with Gasteiger partial charge in [0, 0.05) is 11.0 Å². The van der Waals surface area contributed by atoms with Crippen molar-refractivity contribution in [3.63, 3.8) is 0 Å². The van der Waals surface area contributed by atoms with Crippen LogP contribution >= 0.6 is 15.9 Å². The summed E-state index contributed by atoms with van der Waals surface area (Å²) in [5.74, 6) is 0. The number of nitrogens with one attached hydrogen (secondary N) is 1. The maximum atomic E-state index is 10.1. The summed E-state index contributed by atoms with van der Waals surface area (Å²) < 4.78 is 0.994. The van der Waals surface area contributed by atoms with Crippen molar-refractivity contribution >= 4 is 15.9 Å². The molecule has 0 spiro atoms. The third kappa shape index (κ3) is 4.44. The summed E-state index contributed by atoms with van der Waals surface area (Å²) in [5.41, 5.74) is 3.61. The van der Waals surface area contributed by atoms with E-state index in [9.17, 15) is 5.11 Å². The third-order valence-electron chi connectivity index (χ3n) is 3.40. The number of halogens is 1. The van der Waals surface area contributed by atoms with E-state index in [2.05, 4.69) is 52.4 Å². The first-order valence-corrected chi connectivity index (χ1v) is 7.65. The summed E-state index contributed by atoms with van der Waals surface area (Å²) in [7, 11) is 0. The van der Waals surface area contributed by atoms with Crippen molar-refractivity contribution in [2.75, 3.05) is 13.1 Å². The molecule has 20 heavy (non-hydrogen) atoms. The van der Waals surface area contributed by atoms with Crippen molar-refractivity contribution < 1.29 is 5.11 Å². The fourth-order valence-corrected chi connectivity index (χ4v) is 2.60. The Hall–Kier alpha value is -1.16. The molecule has 0 aliphatic rings. The van der Waals surface area contributed by atoms with Crippen molar-refractivity contribution in [3.05, 3.63) is 69.7 Å². The van der Waals surface area contributed by atoms with Crippen LogP contribution in [0, 0.1) is 6.92 Å². The third-order valence-corrected chi connectivity index (χ3v) is 3.90. The van der Waals surface area contributed by atoms with Gasteiger partial charge in [-0.1, -0.05) is 52.3 Å². The summed E-state index contributed by atoms with van der Waals surface area (Å²) >= 11 is 3.42. The standard InChI is InChI=1S/C17H20BrNO/c1-13-5-2-3-6-14(13)9-10-19-12-17(20)15-7-4-8-16(18)11-15/h2-8,11,17,19-20H,9-10,12H2,1H3. The lowest BCUT2D eigenvalue weighted by molar-refractivity contribution is 0.175. The summed E-state index contributed by atoms with van der Waals surface area (Å²) in [6.07, 6.45) is 0.516. The molecular weight excluding hydrogens is 314 g/mol. The molecule has 106 valence electrons. The van der Waals surface area contributed by atoms with Crippen molar-refractivity contribution in [3.8, 4) is 0 Å². The molecule has 2 N–H and O–H groups in total. The fraction of sp³-hybridized carbons (Fsp3) is 0.294. The zero-order valence-electron chi connectivity index (χ0n) is 11.6. The lowest BCUT2D eigenvalue weighted by Crippen LogP contribution is -2.23. The van der Waals surface area contributed by atoms with Crippen molar-refractivity contribution in [1.82, 2.24) is 5.32 Å². The van der Waals surface area contributed by atoms with Gasteiger partial charge in [0.1, 0.15) is 0 Å². The van der Waals surface area contributed by atoms with E-state index >= 15 is 0 Å². The van der Waals surface area contributed by atoms with Crippen molar-refractivity contribution in [2.24, 2.45) is 0 Å². The highest BCUT2D eigenvalue weighted by molar-refractivity contribution is 9.10. The Morgan fingerprint density at radius 2 is 1.95 bits per heavy atom. The summed E-state index contributed by atoms with van der Waals surface area (Å²) in [4.78, 5) is 0. The highest BCUT2D eigenvalue weighted by atomic mass is 79.9. The number of benzene rings is 2. The molecule has 0 aliphatic carbocycles. The number of aliphatic hydroxyl groups is 1. The number of hydrogen-bond acceptors (Lipinski definition) is 2. The van der Waals surface area contributed by atoms with Gasteiger partial charge < -0.3 is 10.4 Å². The lowest BCUT2D eigenvalue weighted by Gasteiger charge is -2.13. The van der Waals surface area contributed by atoms with E-state index in [1.54, 1.807) is 0 Å². The lowest BCUT2D eigenvalue weighted by atomic mass is 10.1. The Kier molecular flexibility index (Phi) is 5.77. The second-order valence-corrected chi connectivity index (χ2v) is 5.87. The molecule has 0 heterocycles. The van der Waals surface area contributed by atoms with Crippen LogP contribution in [-0.4, -0.2) is 18.2 Å². The van der Waals surface area contributed by atoms with E-state index in [4.69, 9.17) is 0 Å². The second kappa shape index (κ2) is 7.58. The van der Waals surface area contributed by atoms with Crippen LogP contribution in [-0.2, 0) is 6.42 Å². The van der Waals surface area contributed by atoms with Crippen LogP contribution < -0.4 is 5.32 Å². The van der Waals surface area contributed by atoms with Gasteiger partial charge in [-0.25, -0.2) is 0 Å². The van der Waals surface area contributed by atoms with Crippen molar-refractivity contribution in [1.29, 1.82) is 0 Å². The molecule has 0 fully saturated rings. The van der Waals surface area contributed by atoms with Crippen LogP contribution in [0.3, 0.4) is 0 Å². The SMILES string of the molecule is Cc1ccccc1CCNCC(O)c1cccc(Br)c1. The molecule has 0 saturated carbocycles. The monoisotopic (exact) mass is 333 g/mol. The van der Waals surface area contributed by atoms with Crippen molar-refractivity contribution in [2.45, 2.75) is 19.4 Å². The van der Waals surface area contributed by atoms with E-state index in [-0.39, 0.29) is 0 Å². The minimum atomic E-state index is -0.468. The van der Waals surface area contributed by atoms with Gasteiger partial charge in [-0.05, 0) is 48.7 Å². The topological polar surface area (TPSA) is 32.3 Å². The van der Waals surface area contributed by atoms with Gasteiger partial charge in [-0.15, -0.1) is 0 Å². The Morgan fingerprint density at radius 3 is 2.70 bits per heavy atom. The van der Waals surface area contributed by atoms with Gasteiger partial charge in [0.2, 0.25) is 0 Å². The first-order chi connectivity index (χ1) is 9.66. The van der Waals surface area contributed by atoms with Crippen LogP contribution in [0.4, 0.5) is 0 Å². The molecule has 2 aromatic rings. The number of aryl methyl sites for hydroxylation is 1. The zero-order valence-corrected chi connectivity index (χ0v) is 13.2. The maximum Gasteiger partial charge on any atom is 0.0914 e. The van der Waals surface area contributed by atoms with Crippen LogP contribution in [0.1, 0.15) is 22.8 Å². The summed E-state index contributed by atoms with van der Waals surface area (Å²) in [6, 6.07) is 16.2. The second-order valence-electron chi connectivity index (χ2n) is 4.95. The molecule has 2 nitrogen and oxygen atoms in total. The van der Waals surface area contributed by atoms with E-state index in [0.717, 1.165) is 23.0 Å². The van der Waals surface area contributed by atoms with Gasteiger partial charge >= 0.3 is 0 Å². The largest absolute Gasteiger partial charge is 0.387 e. The first-order valence-electron chi connectivity index (χ1n) is 6.85. The Labute approximate surface area is 129 Å². The van der Waals surface area contributed by atoms with Crippen LogP contribution in [0.5, 0.6) is 0 Å². The number of aliphatic hydroxyl groups excluding tert-OH is 1. The average molecular weight is 334 g/mol. The molecular formula is C17H20BrNO. The fourth-order valence-electron chi connectivity index (χ4n) is 2.18. The van der Waals surface area contributed by atoms with Crippen LogP contribution in [0.25, 0.3) is 0 Å². The van der Waals surface area contributed by atoms with Gasteiger partial charge in [0.25, 0.3) is 0 Å². The van der Waals surface area contributed by atoms with E-state index in [1.807, 2.05) is 24.3 Å². The highest BCUT2D eigenvalue weighted by Crippen LogP contribution is 2.17. The molecule has 0 radical (unpaired) electrons. The molecule has 2 aromatic carbocycles. The molecule has 0 aromatic heterocycles. The first kappa shape index (κ1) is 15.2. The summed E-state index contributed by atoms with van der Waals surface area (Å²) in [5, 5.41) is 13.4. The van der Waals surface area contributed by atoms with E-state index in [1.165, 1.54) is 11.1 Å². The van der Waals surface area contributed by atoms with Crippen LogP contribution in [0.2, 0.25) is 0 Å². The normalized spacial score (nSPS) is 12.3. The van der Waals surface area contributed by atoms with Gasteiger partial charge in [-0.3, -0.25) is 0 Å². The van der Waals surface area contributed by atoms with Gasteiger partial charge in [-0.2, -0.15) is 0 Å². The molecule has 0 saturated heterocycles. The predicted octanol–water partition coefficient (Wildman–Crippen LogP) is 3.62. The molecule has 0 aliphatic heterocycles. The minimum Gasteiger partial charge on any atom is -0.387 e. The maximum absolute atomic E-state index is 10.1. The quantitative estimate of drug-likeness (QED) is 0.791. The van der Waals surface area contributed by atoms with Gasteiger partial charge in [0.05, 0.1) is 6.10 Å². The Bertz CT molecular complexity index is 556. The Balaban J connectivity index is 1.77. The number of rotatable bonds is 6. The highest BCUT2D eigenvalue weighted by Gasteiger charge is 2.07. The molecule has 1 atom stereocenters. The molecule has 1 unspecified atom stereocenters. The minimum absolute atomic E-state index is 0.468. The van der Waals surface area contributed by atoms with E-state index < -0.39 is 6.10 Å². The van der Waals surface area contributed by atoms with E-state index in [0.29, 0.717) is 6.54 Å². The smallest absolute Gasteiger partial charge is 0.0914 e. The molecule has 0 amide bonds. The average Bonchev–Trinajstić information content (AvgIpc) is 2.45. The van der Waals surface area contributed by atoms with Crippen LogP contribution in [0.15, 0.2) is 53.0 Å². The molecule has 2 rings (SSSR count). The summed E-state index contributed by atoms with van der Waals surface area (Å²) in [6.45, 7) is 3.57. The Morgan fingerprint density at radius 1 is 1.15 bits per heavy atom. The predicted molar refractivity (Wildman–Crippen MR) is 86.9 cm³/mol.